The highest BCUT2D eigenvalue weighted by molar-refractivity contribution is 5.92. The summed E-state index contributed by atoms with van der Waals surface area (Å²) in [6.07, 6.45) is 2.01. The molecule has 1 aromatic carbocycles. The average Bonchev–Trinajstić information content (AvgIpc) is 3.17. The minimum absolute atomic E-state index is 0.0582. The van der Waals surface area contributed by atoms with Crippen molar-refractivity contribution in [3.05, 3.63) is 41.9 Å². The third-order valence-corrected chi connectivity index (χ3v) is 3.40. The zero-order chi connectivity index (χ0) is 14.7. The van der Waals surface area contributed by atoms with E-state index in [1.165, 1.54) is 12.1 Å². The molecule has 0 unspecified atom stereocenters. The molecular weight excluding hydrogens is 275 g/mol. The maximum atomic E-state index is 13.6. The van der Waals surface area contributed by atoms with Gasteiger partial charge in [-0.05, 0) is 25.0 Å². The van der Waals surface area contributed by atoms with Gasteiger partial charge in [-0.2, -0.15) is 0 Å². The summed E-state index contributed by atoms with van der Waals surface area (Å²) in [5.74, 6) is -0.719. The fraction of sp³-hybridized carbons (Fsp3) is 0.333. The summed E-state index contributed by atoms with van der Waals surface area (Å²) in [5, 5.41) is 6.47. The molecule has 1 aliphatic heterocycles. The van der Waals surface area contributed by atoms with Crippen LogP contribution in [0.2, 0.25) is 0 Å². The number of rotatable bonds is 4. The molecule has 2 heterocycles. The van der Waals surface area contributed by atoms with Gasteiger partial charge in [0.2, 0.25) is 5.76 Å². The summed E-state index contributed by atoms with van der Waals surface area (Å²) in [4.78, 5) is 11.9. The molecule has 1 fully saturated rings. The van der Waals surface area contributed by atoms with Gasteiger partial charge in [0.05, 0.1) is 6.10 Å². The number of carbonyl (C=O) groups is 1. The second-order valence-electron chi connectivity index (χ2n) is 4.90. The molecule has 0 radical (unpaired) electrons. The predicted octanol–water partition coefficient (Wildman–Crippen LogP) is 2.39. The van der Waals surface area contributed by atoms with Crippen LogP contribution in [-0.4, -0.2) is 30.3 Å². The third kappa shape index (κ3) is 3.11. The van der Waals surface area contributed by atoms with Gasteiger partial charge in [0.15, 0.2) is 0 Å². The van der Waals surface area contributed by atoms with Crippen molar-refractivity contribution >= 4 is 5.91 Å². The first-order valence-corrected chi connectivity index (χ1v) is 6.85. The van der Waals surface area contributed by atoms with E-state index in [1.807, 2.05) is 0 Å². The molecule has 0 aliphatic carbocycles. The van der Waals surface area contributed by atoms with Crippen LogP contribution in [-0.2, 0) is 4.74 Å². The Morgan fingerprint density at radius 3 is 3.05 bits per heavy atom. The van der Waals surface area contributed by atoms with Crippen molar-refractivity contribution in [1.29, 1.82) is 0 Å². The minimum atomic E-state index is -0.405. The Balaban J connectivity index is 1.66. The van der Waals surface area contributed by atoms with E-state index < -0.39 is 5.82 Å². The fourth-order valence-electron chi connectivity index (χ4n) is 2.28. The molecule has 1 N–H and O–H groups in total. The van der Waals surface area contributed by atoms with Crippen LogP contribution in [0.3, 0.4) is 0 Å². The third-order valence-electron chi connectivity index (χ3n) is 3.40. The van der Waals surface area contributed by atoms with E-state index in [2.05, 4.69) is 10.5 Å². The van der Waals surface area contributed by atoms with Gasteiger partial charge in [-0.1, -0.05) is 17.3 Å². The molecule has 3 rings (SSSR count). The van der Waals surface area contributed by atoms with Crippen LogP contribution in [0.25, 0.3) is 11.3 Å². The normalized spacial score (nSPS) is 17.9. The monoisotopic (exact) mass is 290 g/mol. The number of halogens is 1. The summed E-state index contributed by atoms with van der Waals surface area (Å²) in [6.45, 7) is 1.18. The minimum Gasteiger partial charge on any atom is -0.376 e. The number of nitrogens with one attached hydrogen (secondary N) is 1. The topological polar surface area (TPSA) is 64.4 Å². The van der Waals surface area contributed by atoms with Crippen molar-refractivity contribution in [1.82, 2.24) is 10.5 Å². The number of nitrogens with zero attached hydrogens (tertiary/aromatic N) is 1. The Bertz CT molecular complexity index is 635. The van der Waals surface area contributed by atoms with Gasteiger partial charge < -0.3 is 14.6 Å². The molecule has 1 aliphatic rings. The van der Waals surface area contributed by atoms with E-state index in [1.54, 1.807) is 18.2 Å². The molecule has 110 valence electrons. The Kier molecular flexibility index (Phi) is 3.96. The smallest absolute Gasteiger partial charge is 0.290 e. The van der Waals surface area contributed by atoms with Crippen LogP contribution in [0.15, 0.2) is 34.9 Å². The van der Waals surface area contributed by atoms with Crippen molar-refractivity contribution in [2.24, 2.45) is 0 Å². The summed E-state index contributed by atoms with van der Waals surface area (Å²) in [7, 11) is 0. The van der Waals surface area contributed by atoms with Crippen molar-refractivity contribution in [3.8, 4) is 11.3 Å². The van der Waals surface area contributed by atoms with Crippen molar-refractivity contribution in [3.63, 3.8) is 0 Å². The average molecular weight is 290 g/mol. The zero-order valence-electron chi connectivity index (χ0n) is 11.3. The van der Waals surface area contributed by atoms with Gasteiger partial charge in [0, 0.05) is 24.8 Å². The number of carbonyl (C=O) groups excluding carboxylic acids is 1. The molecule has 1 aromatic heterocycles. The van der Waals surface area contributed by atoms with Crippen molar-refractivity contribution < 1.29 is 18.4 Å². The highest BCUT2D eigenvalue weighted by Gasteiger charge is 2.19. The Labute approximate surface area is 121 Å². The first kappa shape index (κ1) is 13.8. The largest absolute Gasteiger partial charge is 0.376 e. The molecule has 1 atom stereocenters. The van der Waals surface area contributed by atoms with E-state index in [-0.39, 0.29) is 17.8 Å². The van der Waals surface area contributed by atoms with Crippen LogP contribution in [0.4, 0.5) is 4.39 Å². The summed E-state index contributed by atoms with van der Waals surface area (Å²) in [5.41, 5.74) is 0.606. The second-order valence-corrected chi connectivity index (χ2v) is 4.90. The van der Waals surface area contributed by atoms with E-state index in [0.29, 0.717) is 17.8 Å². The highest BCUT2D eigenvalue weighted by atomic mass is 19.1. The Morgan fingerprint density at radius 2 is 2.29 bits per heavy atom. The molecule has 2 aromatic rings. The molecule has 1 amide bonds. The van der Waals surface area contributed by atoms with Gasteiger partial charge >= 0.3 is 0 Å². The lowest BCUT2D eigenvalue weighted by Gasteiger charge is -2.08. The van der Waals surface area contributed by atoms with Gasteiger partial charge in [-0.15, -0.1) is 0 Å². The van der Waals surface area contributed by atoms with E-state index in [4.69, 9.17) is 9.26 Å². The second kappa shape index (κ2) is 6.05. The SMILES string of the molecule is O=C(NC[C@H]1CCCO1)c1cc(-c2ccccc2F)no1. The molecule has 5 nitrogen and oxygen atoms in total. The Morgan fingerprint density at radius 1 is 1.43 bits per heavy atom. The van der Waals surface area contributed by atoms with Crippen LogP contribution < -0.4 is 5.32 Å². The van der Waals surface area contributed by atoms with E-state index in [9.17, 15) is 9.18 Å². The van der Waals surface area contributed by atoms with Gasteiger partial charge in [0.1, 0.15) is 11.5 Å². The molecule has 0 spiro atoms. The summed E-state index contributed by atoms with van der Waals surface area (Å²) < 4.78 is 24.0. The lowest BCUT2D eigenvalue weighted by atomic mass is 10.1. The molecule has 0 bridgehead atoms. The summed E-state index contributed by atoms with van der Waals surface area (Å²) in [6, 6.07) is 7.64. The standard InChI is InChI=1S/C15H15FN2O3/c16-12-6-2-1-5-11(12)13-8-14(21-18-13)15(19)17-9-10-4-3-7-20-10/h1-2,5-6,8,10H,3-4,7,9H2,(H,17,19)/t10-/m1/s1. The molecule has 0 saturated carbocycles. The maximum Gasteiger partial charge on any atom is 0.290 e. The highest BCUT2D eigenvalue weighted by Crippen LogP contribution is 2.22. The molecule has 1 saturated heterocycles. The number of aromatic nitrogens is 1. The van der Waals surface area contributed by atoms with Crippen molar-refractivity contribution in [2.75, 3.05) is 13.2 Å². The number of benzene rings is 1. The van der Waals surface area contributed by atoms with Crippen LogP contribution in [0, 0.1) is 5.82 Å². The quantitative estimate of drug-likeness (QED) is 0.939. The molecule has 21 heavy (non-hydrogen) atoms. The lowest BCUT2D eigenvalue weighted by molar-refractivity contribution is 0.0828. The number of hydrogen-bond donors (Lipinski definition) is 1. The predicted molar refractivity (Wildman–Crippen MR) is 73.2 cm³/mol. The van der Waals surface area contributed by atoms with E-state index in [0.717, 1.165) is 19.4 Å². The Hall–Kier alpha value is -2.21. The number of amides is 1. The van der Waals surface area contributed by atoms with Crippen LogP contribution in [0.1, 0.15) is 23.4 Å². The van der Waals surface area contributed by atoms with Crippen LogP contribution >= 0.6 is 0 Å². The lowest BCUT2D eigenvalue weighted by Crippen LogP contribution is -2.31. The van der Waals surface area contributed by atoms with Gasteiger partial charge in [-0.25, -0.2) is 4.39 Å². The van der Waals surface area contributed by atoms with E-state index >= 15 is 0 Å². The van der Waals surface area contributed by atoms with Crippen LogP contribution in [0.5, 0.6) is 0 Å². The first-order valence-electron chi connectivity index (χ1n) is 6.85. The van der Waals surface area contributed by atoms with Gasteiger partial charge in [-0.3, -0.25) is 4.79 Å². The molecule has 6 heteroatoms. The van der Waals surface area contributed by atoms with Crippen molar-refractivity contribution in [2.45, 2.75) is 18.9 Å². The fourth-order valence-corrected chi connectivity index (χ4v) is 2.28. The van der Waals surface area contributed by atoms with Gasteiger partial charge in [0.25, 0.3) is 5.91 Å². The number of hydrogen-bond acceptors (Lipinski definition) is 4. The summed E-state index contributed by atoms with van der Waals surface area (Å²) >= 11 is 0. The zero-order valence-corrected chi connectivity index (χ0v) is 11.3. The maximum absolute atomic E-state index is 13.6. The molecular formula is C15H15FN2O3. The first-order chi connectivity index (χ1) is 10.2. The number of ether oxygens (including phenoxy) is 1.